The van der Waals surface area contributed by atoms with E-state index in [0.717, 1.165) is 68.0 Å². The van der Waals surface area contributed by atoms with Crippen LogP contribution in [-0.4, -0.2) is 44.9 Å². The number of fused-ring (bicyclic) bond motifs is 1. The van der Waals surface area contributed by atoms with Crippen molar-refractivity contribution in [3.8, 4) is 0 Å². The van der Waals surface area contributed by atoms with Crippen LogP contribution >= 0.6 is 0 Å². The number of carbonyl (C=O) groups excluding carboxylic acids is 1. The van der Waals surface area contributed by atoms with Crippen molar-refractivity contribution in [2.75, 3.05) is 19.6 Å². The maximum atomic E-state index is 13.4. The summed E-state index contributed by atoms with van der Waals surface area (Å²) >= 11 is 0. The van der Waals surface area contributed by atoms with E-state index >= 15 is 0 Å². The zero-order valence-corrected chi connectivity index (χ0v) is 18.3. The van der Waals surface area contributed by atoms with Crippen molar-refractivity contribution in [1.29, 1.82) is 0 Å². The monoisotopic (exact) mass is 404 g/mol. The third kappa shape index (κ3) is 3.86. The van der Waals surface area contributed by atoms with Gasteiger partial charge in [-0.1, -0.05) is 38.1 Å². The SMILES string of the molecule is CCN(CC)Cc1ccc(C(=O)N2CCCC2c2nc3ccccc3n2CC)cc1. The molecule has 1 amide bonds. The van der Waals surface area contributed by atoms with Gasteiger partial charge >= 0.3 is 0 Å². The highest BCUT2D eigenvalue weighted by atomic mass is 16.2. The van der Waals surface area contributed by atoms with Crippen molar-refractivity contribution in [1.82, 2.24) is 19.4 Å². The van der Waals surface area contributed by atoms with Crippen LogP contribution in [0.25, 0.3) is 11.0 Å². The van der Waals surface area contributed by atoms with Gasteiger partial charge < -0.3 is 9.47 Å². The van der Waals surface area contributed by atoms with Gasteiger partial charge in [0, 0.05) is 25.2 Å². The van der Waals surface area contributed by atoms with Gasteiger partial charge in [0.25, 0.3) is 5.91 Å². The van der Waals surface area contributed by atoms with Gasteiger partial charge in [-0.2, -0.15) is 0 Å². The molecule has 30 heavy (non-hydrogen) atoms. The molecule has 0 saturated carbocycles. The topological polar surface area (TPSA) is 41.4 Å². The number of likely N-dealkylation sites (tertiary alicyclic amines) is 1. The number of benzene rings is 2. The van der Waals surface area contributed by atoms with E-state index in [1.54, 1.807) is 0 Å². The lowest BCUT2D eigenvalue weighted by molar-refractivity contribution is 0.0728. The number of aromatic nitrogens is 2. The van der Waals surface area contributed by atoms with Gasteiger partial charge in [-0.25, -0.2) is 4.98 Å². The van der Waals surface area contributed by atoms with Crippen LogP contribution in [0.1, 0.15) is 61.4 Å². The fraction of sp³-hybridized carbons (Fsp3) is 0.440. The summed E-state index contributed by atoms with van der Waals surface area (Å²) < 4.78 is 2.26. The smallest absolute Gasteiger partial charge is 0.254 e. The normalized spacial score (nSPS) is 16.7. The molecule has 0 bridgehead atoms. The Morgan fingerprint density at radius 2 is 1.80 bits per heavy atom. The second-order valence-electron chi connectivity index (χ2n) is 8.02. The Morgan fingerprint density at radius 1 is 1.07 bits per heavy atom. The molecule has 1 fully saturated rings. The van der Waals surface area contributed by atoms with Crippen LogP contribution < -0.4 is 0 Å². The van der Waals surface area contributed by atoms with E-state index in [4.69, 9.17) is 4.98 Å². The highest BCUT2D eigenvalue weighted by Crippen LogP contribution is 2.34. The first kappa shape index (κ1) is 20.6. The van der Waals surface area contributed by atoms with Gasteiger partial charge in [-0.15, -0.1) is 0 Å². The molecule has 0 N–H and O–H groups in total. The van der Waals surface area contributed by atoms with E-state index in [9.17, 15) is 4.79 Å². The highest BCUT2D eigenvalue weighted by Gasteiger charge is 2.34. The molecular weight excluding hydrogens is 372 g/mol. The molecule has 3 aromatic rings. The molecule has 2 heterocycles. The van der Waals surface area contributed by atoms with Crippen LogP contribution in [0.2, 0.25) is 0 Å². The molecule has 0 aliphatic carbocycles. The molecule has 1 saturated heterocycles. The predicted octanol–water partition coefficient (Wildman–Crippen LogP) is 4.88. The number of rotatable bonds is 7. The lowest BCUT2D eigenvalue weighted by Crippen LogP contribution is -2.32. The number of amides is 1. The van der Waals surface area contributed by atoms with Gasteiger partial charge in [0.1, 0.15) is 5.82 Å². The average molecular weight is 405 g/mol. The lowest BCUT2D eigenvalue weighted by Gasteiger charge is -2.25. The summed E-state index contributed by atoms with van der Waals surface area (Å²) in [6.45, 7) is 11.1. The van der Waals surface area contributed by atoms with Crippen molar-refractivity contribution in [3.63, 3.8) is 0 Å². The predicted molar refractivity (Wildman–Crippen MR) is 121 cm³/mol. The Labute approximate surface area is 179 Å². The second-order valence-corrected chi connectivity index (χ2v) is 8.02. The van der Waals surface area contributed by atoms with E-state index in [-0.39, 0.29) is 11.9 Å². The molecule has 1 atom stereocenters. The number of nitrogens with zero attached hydrogens (tertiary/aromatic N) is 4. The Hall–Kier alpha value is -2.66. The molecule has 1 aliphatic heterocycles. The summed E-state index contributed by atoms with van der Waals surface area (Å²) in [7, 11) is 0. The van der Waals surface area contributed by atoms with Gasteiger partial charge in [0.2, 0.25) is 0 Å². The summed E-state index contributed by atoms with van der Waals surface area (Å²) in [5.41, 5.74) is 4.18. The van der Waals surface area contributed by atoms with Gasteiger partial charge in [0.05, 0.1) is 17.1 Å². The molecule has 0 radical (unpaired) electrons. The van der Waals surface area contributed by atoms with Gasteiger partial charge in [-0.3, -0.25) is 9.69 Å². The Bertz CT molecular complexity index is 1000. The summed E-state index contributed by atoms with van der Waals surface area (Å²) in [6, 6.07) is 16.5. The van der Waals surface area contributed by atoms with E-state index < -0.39 is 0 Å². The van der Waals surface area contributed by atoms with Crippen molar-refractivity contribution in [2.45, 2.75) is 52.7 Å². The number of aryl methyl sites for hydroxylation is 1. The molecule has 5 nitrogen and oxygen atoms in total. The summed E-state index contributed by atoms with van der Waals surface area (Å²) in [4.78, 5) is 22.7. The van der Waals surface area contributed by atoms with Gasteiger partial charge in [-0.05, 0) is 62.7 Å². The molecule has 4 rings (SSSR count). The zero-order valence-electron chi connectivity index (χ0n) is 18.3. The number of hydrogen-bond acceptors (Lipinski definition) is 3. The Balaban J connectivity index is 1.57. The van der Waals surface area contributed by atoms with Gasteiger partial charge in [0.15, 0.2) is 0 Å². The summed E-state index contributed by atoms with van der Waals surface area (Å²) in [5, 5.41) is 0. The first-order chi connectivity index (χ1) is 14.7. The zero-order chi connectivity index (χ0) is 21.1. The molecule has 158 valence electrons. The standard InChI is InChI=1S/C25H32N4O/c1-4-27(5-2)18-19-13-15-20(16-14-19)25(30)29-17-9-12-23(29)24-26-21-10-7-8-11-22(21)28(24)6-3/h7-8,10-11,13-16,23H,4-6,9,12,17-18H2,1-3H3. The second kappa shape index (κ2) is 9.00. The number of carbonyl (C=O) groups is 1. The fourth-order valence-corrected chi connectivity index (χ4v) is 4.58. The van der Waals surface area contributed by atoms with Crippen LogP contribution in [-0.2, 0) is 13.1 Å². The van der Waals surface area contributed by atoms with Crippen LogP contribution in [0, 0.1) is 0 Å². The minimum absolute atomic E-state index is 0.0419. The first-order valence-corrected chi connectivity index (χ1v) is 11.2. The average Bonchev–Trinajstić information content (AvgIpc) is 3.41. The van der Waals surface area contributed by atoms with E-state index in [1.807, 2.05) is 23.1 Å². The van der Waals surface area contributed by atoms with E-state index in [1.165, 1.54) is 5.56 Å². The van der Waals surface area contributed by atoms with Crippen LogP contribution in [0.15, 0.2) is 48.5 Å². The van der Waals surface area contributed by atoms with Crippen LogP contribution in [0.4, 0.5) is 0 Å². The third-order valence-corrected chi connectivity index (χ3v) is 6.31. The van der Waals surface area contributed by atoms with Crippen molar-refractivity contribution in [3.05, 3.63) is 65.5 Å². The third-order valence-electron chi connectivity index (χ3n) is 6.31. The number of hydrogen-bond donors (Lipinski definition) is 0. The largest absolute Gasteiger partial charge is 0.328 e. The fourth-order valence-electron chi connectivity index (χ4n) is 4.58. The molecule has 0 spiro atoms. The minimum Gasteiger partial charge on any atom is -0.328 e. The van der Waals surface area contributed by atoms with Crippen LogP contribution in [0.5, 0.6) is 0 Å². The first-order valence-electron chi connectivity index (χ1n) is 11.2. The van der Waals surface area contributed by atoms with E-state index in [2.05, 4.69) is 60.6 Å². The molecular formula is C25H32N4O. The number of para-hydroxylation sites is 2. The maximum absolute atomic E-state index is 13.4. The summed E-state index contributed by atoms with van der Waals surface area (Å²) in [6.07, 6.45) is 1.98. The quantitative estimate of drug-likeness (QED) is 0.564. The minimum atomic E-state index is 0.0419. The Kier molecular flexibility index (Phi) is 6.18. The highest BCUT2D eigenvalue weighted by molar-refractivity contribution is 5.94. The Morgan fingerprint density at radius 3 is 2.50 bits per heavy atom. The number of imidazole rings is 1. The van der Waals surface area contributed by atoms with E-state index in [0.29, 0.717) is 0 Å². The maximum Gasteiger partial charge on any atom is 0.254 e. The summed E-state index contributed by atoms with van der Waals surface area (Å²) in [5.74, 6) is 1.13. The van der Waals surface area contributed by atoms with Crippen molar-refractivity contribution < 1.29 is 4.79 Å². The van der Waals surface area contributed by atoms with Crippen LogP contribution in [0.3, 0.4) is 0 Å². The molecule has 1 unspecified atom stereocenters. The molecule has 2 aromatic carbocycles. The van der Waals surface area contributed by atoms with Crippen molar-refractivity contribution >= 4 is 16.9 Å². The molecule has 5 heteroatoms. The lowest BCUT2D eigenvalue weighted by atomic mass is 10.1. The molecule has 1 aliphatic rings. The molecule has 1 aromatic heterocycles. The van der Waals surface area contributed by atoms with Crippen molar-refractivity contribution in [2.24, 2.45) is 0 Å².